The number of hydrogen-bond donors (Lipinski definition) is 0. The van der Waals surface area contributed by atoms with Crippen molar-refractivity contribution in [3.05, 3.63) is 12.2 Å². The Morgan fingerprint density at radius 2 is 1.45 bits per heavy atom. The molecule has 0 bridgehead atoms. The summed E-state index contributed by atoms with van der Waals surface area (Å²) in [5, 5.41) is -0.389. The summed E-state index contributed by atoms with van der Waals surface area (Å²) < 4.78 is 53.3. The van der Waals surface area contributed by atoms with E-state index >= 15 is 0 Å². The maximum absolute atomic E-state index is 12.1. The van der Waals surface area contributed by atoms with Crippen LogP contribution in [0.2, 0.25) is 10.1 Å². The van der Waals surface area contributed by atoms with E-state index in [0.29, 0.717) is 6.61 Å². The predicted octanol–water partition coefficient (Wildman–Crippen LogP) is 2.91. The topological polar surface area (TPSA) is 134 Å². The molecule has 0 aromatic rings. The molecule has 0 unspecified atom stereocenters. The second kappa shape index (κ2) is 12.6. The Morgan fingerprint density at radius 3 is 1.98 bits per heavy atom. The van der Waals surface area contributed by atoms with Crippen LogP contribution >= 0.6 is 0 Å². The van der Waals surface area contributed by atoms with Crippen LogP contribution in [0.1, 0.15) is 62.3 Å². The summed E-state index contributed by atoms with van der Waals surface area (Å²) in [4.78, 5) is 35.6. The second-order valence-corrected chi connectivity index (χ2v) is 17.0. The zero-order valence-electron chi connectivity index (χ0n) is 25.1. The van der Waals surface area contributed by atoms with Crippen LogP contribution in [0.4, 0.5) is 0 Å². The molecule has 0 aromatic heterocycles. The lowest BCUT2D eigenvalue weighted by Crippen LogP contribution is -2.66. The van der Waals surface area contributed by atoms with E-state index in [-0.39, 0.29) is 22.8 Å². The molecule has 0 aliphatic carbocycles. The van der Waals surface area contributed by atoms with Crippen LogP contribution in [0.3, 0.4) is 0 Å². The third-order valence-corrected chi connectivity index (χ3v) is 12.2. The number of carbonyl (C=O) groups is 3. The normalized spacial score (nSPS) is 34.0. The van der Waals surface area contributed by atoms with Gasteiger partial charge in [0.25, 0.3) is 0 Å². The van der Waals surface area contributed by atoms with E-state index in [1.807, 2.05) is 6.08 Å². The van der Waals surface area contributed by atoms with Crippen molar-refractivity contribution >= 4 is 26.5 Å². The Morgan fingerprint density at radius 1 is 0.850 bits per heavy atom. The third kappa shape index (κ3) is 7.12. The van der Waals surface area contributed by atoms with Gasteiger partial charge in [-0.2, -0.15) is 0 Å². The molecule has 12 nitrogen and oxygen atoms in total. The van der Waals surface area contributed by atoms with Gasteiger partial charge in [0.15, 0.2) is 24.8 Å². The molecule has 3 heterocycles. The Balaban J connectivity index is 1.89. The molecular formula is C27H44O12Si. The molecule has 13 heteroatoms. The van der Waals surface area contributed by atoms with Gasteiger partial charge in [-0.05, 0) is 6.08 Å². The van der Waals surface area contributed by atoms with Crippen LogP contribution in [0.25, 0.3) is 0 Å². The summed E-state index contributed by atoms with van der Waals surface area (Å²) in [6.07, 6.45) is -3.55. The SMILES string of the molecule is CO[C@@H]1O[C@H](COC(C)=O)[C@H](OC(C)=O)[C@H](O[C@@H]2C=C[C@H]3O[Si](C(C)(C)C)(C(C)(C)C)OC[C@H]3O2)[C@H]1OC(C)=O. The number of fused-ring (bicyclic) bond motifs is 1. The zero-order chi connectivity index (χ0) is 30.0. The van der Waals surface area contributed by atoms with Gasteiger partial charge in [-0.15, -0.1) is 0 Å². The smallest absolute Gasteiger partial charge is 0.349 e. The van der Waals surface area contributed by atoms with Crippen molar-refractivity contribution in [2.75, 3.05) is 20.3 Å². The molecule has 0 N–H and O–H groups in total. The lowest BCUT2D eigenvalue weighted by molar-refractivity contribution is -0.327. The predicted molar refractivity (Wildman–Crippen MR) is 142 cm³/mol. The lowest BCUT2D eigenvalue weighted by Gasteiger charge is -2.55. The van der Waals surface area contributed by atoms with E-state index in [1.54, 1.807) is 6.08 Å². The molecule has 228 valence electrons. The van der Waals surface area contributed by atoms with Crippen molar-refractivity contribution in [1.82, 2.24) is 0 Å². The molecule has 0 radical (unpaired) electrons. The summed E-state index contributed by atoms with van der Waals surface area (Å²) in [5.41, 5.74) is 0. The quantitative estimate of drug-likeness (QED) is 0.187. The Labute approximate surface area is 237 Å². The van der Waals surface area contributed by atoms with Gasteiger partial charge in [0.2, 0.25) is 0 Å². The summed E-state index contributed by atoms with van der Waals surface area (Å²) in [6, 6.07) is 0. The average molecular weight is 589 g/mol. The van der Waals surface area contributed by atoms with Gasteiger partial charge in [-0.1, -0.05) is 47.6 Å². The Hall–Kier alpha value is -1.87. The minimum Gasteiger partial charge on any atom is -0.463 e. The first-order valence-corrected chi connectivity index (χ1v) is 15.3. The van der Waals surface area contributed by atoms with Gasteiger partial charge in [0, 0.05) is 38.0 Å². The summed E-state index contributed by atoms with van der Waals surface area (Å²) >= 11 is 0. The minimum absolute atomic E-state index is 0.194. The van der Waals surface area contributed by atoms with Crippen LogP contribution in [-0.4, -0.2) is 96.0 Å². The van der Waals surface area contributed by atoms with Gasteiger partial charge in [-0.3, -0.25) is 14.4 Å². The van der Waals surface area contributed by atoms with Crippen LogP contribution < -0.4 is 0 Å². The van der Waals surface area contributed by atoms with E-state index in [9.17, 15) is 14.4 Å². The molecule has 0 spiro atoms. The van der Waals surface area contributed by atoms with Crippen molar-refractivity contribution in [3.63, 3.8) is 0 Å². The van der Waals surface area contributed by atoms with E-state index in [1.165, 1.54) is 27.9 Å². The zero-order valence-corrected chi connectivity index (χ0v) is 26.1. The summed E-state index contributed by atoms with van der Waals surface area (Å²) in [5.74, 6) is -1.80. The van der Waals surface area contributed by atoms with Crippen molar-refractivity contribution < 1.29 is 56.4 Å². The molecule has 3 aliphatic heterocycles. The number of methoxy groups -OCH3 is 1. The number of ether oxygens (including phenoxy) is 7. The second-order valence-electron chi connectivity index (χ2n) is 12.3. The molecule has 0 amide bonds. The fourth-order valence-corrected chi connectivity index (χ4v) is 10.5. The number of hydrogen-bond acceptors (Lipinski definition) is 12. The maximum Gasteiger partial charge on any atom is 0.349 e. The number of carbonyl (C=O) groups excluding carboxylic acids is 3. The monoisotopic (exact) mass is 588 g/mol. The van der Waals surface area contributed by atoms with E-state index in [0.717, 1.165) is 0 Å². The van der Waals surface area contributed by atoms with Gasteiger partial charge in [0.05, 0.1) is 12.7 Å². The van der Waals surface area contributed by atoms with Gasteiger partial charge in [-0.25, -0.2) is 0 Å². The van der Waals surface area contributed by atoms with Crippen molar-refractivity contribution in [1.29, 1.82) is 0 Å². The average Bonchev–Trinajstić information content (AvgIpc) is 2.82. The molecule has 0 aromatic carbocycles. The fourth-order valence-electron chi connectivity index (χ4n) is 5.65. The van der Waals surface area contributed by atoms with Gasteiger partial charge < -0.3 is 42.0 Å². The first kappa shape index (κ1) is 32.6. The van der Waals surface area contributed by atoms with E-state index < -0.39 is 69.6 Å². The van der Waals surface area contributed by atoms with Crippen LogP contribution in [0.5, 0.6) is 0 Å². The highest BCUT2D eigenvalue weighted by molar-refractivity contribution is 6.73. The molecule has 0 saturated carbocycles. The number of esters is 3. The molecule has 3 rings (SSSR count). The van der Waals surface area contributed by atoms with E-state index in [2.05, 4.69) is 41.5 Å². The molecule has 2 saturated heterocycles. The van der Waals surface area contributed by atoms with Crippen LogP contribution in [0.15, 0.2) is 12.2 Å². The Kier molecular flexibility index (Phi) is 10.2. The van der Waals surface area contributed by atoms with Gasteiger partial charge in [0.1, 0.15) is 24.9 Å². The summed E-state index contributed by atoms with van der Waals surface area (Å²) in [6.45, 7) is 16.6. The fraction of sp³-hybridized carbons (Fsp3) is 0.815. The molecular weight excluding hydrogens is 544 g/mol. The summed E-state index contributed by atoms with van der Waals surface area (Å²) in [7, 11) is -1.35. The van der Waals surface area contributed by atoms with Crippen molar-refractivity contribution in [2.45, 2.75) is 122 Å². The maximum atomic E-state index is 12.1. The minimum atomic E-state index is -2.72. The van der Waals surface area contributed by atoms with Crippen LogP contribution in [-0.2, 0) is 56.4 Å². The van der Waals surface area contributed by atoms with Crippen molar-refractivity contribution in [2.24, 2.45) is 0 Å². The van der Waals surface area contributed by atoms with Gasteiger partial charge >= 0.3 is 26.5 Å². The highest BCUT2D eigenvalue weighted by atomic mass is 28.4. The lowest BCUT2D eigenvalue weighted by atomic mass is 9.98. The highest BCUT2D eigenvalue weighted by Gasteiger charge is 2.62. The first-order chi connectivity index (χ1) is 18.5. The molecule has 40 heavy (non-hydrogen) atoms. The van der Waals surface area contributed by atoms with Crippen molar-refractivity contribution in [3.8, 4) is 0 Å². The first-order valence-electron chi connectivity index (χ1n) is 13.5. The Bertz CT molecular complexity index is 940. The third-order valence-electron chi connectivity index (χ3n) is 7.03. The largest absolute Gasteiger partial charge is 0.463 e. The standard InChI is InChI=1S/C27H44O12Si/c1-15(28)32-13-20-22(34-16(2)29)23(24(35-17(3)30)25(31-10)37-20)38-21-12-11-18-19(36-21)14-33-40(39-18,26(4,5)6)27(7,8)9/h11-12,18-25H,13-14H2,1-10H3/t18-,19-,20-,21-,22+,23+,24-,25-/m1/s1. The number of rotatable bonds is 7. The molecule has 2 fully saturated rings. The molecule has 8 atom stereocenters. The highest BCUT2D eigenvalue weighted by Crippen LogP contribution is 2.54. The van der Waals surface area contributed by atoms with E-state index in [4.69, 9.17) is 42.0 Å². The molecule has 3 aliphatic rings. The van der Waals surface area contributed by atoms with Crippen LogP contribution in [0, 0.1) is 0 Å².